The number of thiophene rings is 1. The lowest BCUT2D eigenvalue weighted by molar-refractivity contribution is 0.0955. The van der Waals surface area contributed by atoms with E-state index in [1.54, 1.807) is 17.6 Å². The molecule has 0 fully saturated rings. The number of carbonyl (C=O) groups is 1. The van der Waals surface area contributed by atoms with Crippen LogP contribution in [0.3, 0.4) is 0 Å². The number of aromatic nitrogens is 1. The first-order chi connectivity index (χ1) is 14.1. The molecule has 29 heavy (non-hydrogen) atoms. The molecule has 0 bridgehead atoms. The maximum atomic E-state index is 12.4. The van der Waals surface area contributed by atoms with E-state index in [-0.39, 0.29) is 5.91 Å². The molecule has 0 aliphatic rings. The van der Waals surface area contributed by atoms with Gasteiger partial charge in [-0.2, -0.15) is 5.10 Å². The summed E-state index contributed by atoms with van der Waals surface area (Å²) in [4.78, 5) is 13.6. The Morgan fingerprint density at radius 3 is 2.66 bits per heavy atom. The molecule has 2 aromatic carbocycles. The quantitative estimate of drug-likeness (QED) is 0.330. The molecule has 0 atom stereocenters. The molecule has 0 aliphatic carbocycles. The predicted molar refractivity (Wildman–Crippen MR) is 121 cm³/mol. The van der Waals surface area contributed by atoms with Crippen molar-refractivity contribution in [1.82, 2.24) is 9.99 Å². The summed E-state index contributed by atoms with van der Waals surface area (Å²) < 4.78 is 2.21. The van der Waals surface area contributed by atoms with Gasteiger partial charge in [0.15, 0.2) is 0 Å². The number of carbonyl (C=O) groups excluding carboxylic acids is 1. The van der Waals surface area contributed by atoms with Gasteiger partial charge in [0.05, 0.1) is 11.8 Å². The summed E-state index contributed by atoms with van der Waals surface area (Å²) in [5, 5.41) is 7.20. The lowest BCUT2D eigenvalue weighted by atomic mass is 10.1. The highest BCUT2D eigenvalue weighted by Crippen LogP contribution is 2.23. The van der Waals surface area contributed by atoms with E-state index in [0.717, 1.165) is 23.0 Å². The molecular weight excluding hydrogens is 378 g/mol. The van der Waals surface area contributed by atoms with Crippen molar-refractivity contribution in [3.8, 4) is 0 Å². The summed E-state index contributed by atoms with van der Waals surface area (Å²) in [6.07, 6.45) is 3.80. The number of benzene rings is 2. The van der Waals surface area contributed by atoms with Crippen molar-refractivity contribution in [2.24, 2.45) is 5.10 Å². The fraction of sp³-hybridized carbons (Fsp3) is 0.167. The van der Waals surface area contributed by atoms with Gasteiger partial charge < -0.3 is 4.57 Å². The monoisotopic (exact) mass is 401 g/mol. The molecular formula is C24H23N3OS. The number of hydrogen-bond donors (Lipinski definition) is 1. The Bertz CT molecular complexity index is 1160. The fourth-order valence-corrected chi connectivity index (χ4v) is 4.19. The molecule has 4 rings (SSSR count). The number of fused-ring (bicyclic) bond motifs is 1. The van der Waals surface area contributed by atoms with Crippen LogP contribution in [0.15, 0.2) is 77.3 Å². The third kappa shape index (κ3) is 4.30. The van der Waals surface area contributed by atoms with Crippen molar-refractivity contribution in [3.63, 3.8) is 0 Å². The van der Waals surface area contributed by atoms with E-state index in [1.165, 1.54) is 10.4 Å². The van der Waals surface area contributed by atoms with Crippen molar-refractivity contribution >= 4 is 34.4 Å². The maximum absolute atomic E-state index is 12.4. The van der Waals surface area contributed by atoms with Gasteiger partial charge in [0.1, 0.15) is 0 Å². The normalized spacial score (nSPS) is 11.6. The molecule has 146 valence electrons. The number of hydrogen-bond acceptors (Lipinski definition) is 3. The minimum Gasteiger partial charge on any atom is -0.342 e. The van der Waals surface area contributed by atoms with E-state index in [2.05, 4.69) is 59.4 Å². The van der Waals surface area contributed by atoms with Gasteiger partial charge in [0, 0.05) is 39.5 Å². The molecule has 0 saturated carbocycles. The van der Waals surface area contributed by atoms with Crippen LogP contribution in [0.5, 0.6) is 0 Å². The van der Waals surface area contributed by atoms with Crippen LogP contribution in [0.25, 0.3) is 10.9 Å². The Labute approximate surface area is 174 Å². The molecule has 0 radical (unpaired) electrons. The number of amides is 1. The van der Waals surface area contributed by atoms with Crippen molar-refractivity contribution < 1.29 is 4.79 Å². The molecule has 4 nitrogen and oxygen atoms in total. The van der Waals surface area contributed by atoms with Crippen LogP contribution in [-0.4, -0.2) is 16.7 Å². The molecule has 0 saturated heterocycles. The Morgan fingerprint density at radius 2 is 1.90 bits per heavy atom. The van der Waals surface area contributed by atoms with E-state index in [4.69, 9.17) is 0 Å². The van der Waals surface area contributed by atoms with Crippen molar-refractivity contribution in [2.45, 2.75) is 26.3 Å². The number of rotatable bonds is 6. The average Bonchev–Trinajstić information content (AvgIpc) is 3.35. The average molecular weight is 402 g/mol. The third-order valence-electron chi connectivity index (χ3n) is 4.84. The molecule has 5 heteroatoms. The summed E-state index contributed by atoms with van der Waals surface area (Å²) in [5.74, 6) is 0.234. The highest BCUT2D eigenvalue weighted by molar-refractivity contribution is 7.10. The number of para-hydroxylation sites is 1. The Kier molecular flexibility index (Phi) is 5.58. The van der Waals surface area contributed by atoms with Crippen molar-refractivity contribution in [3.05, 3.63) is 93.8 Å². The molecule has 1 amide bonds. The lowest BCUT2D eigenvalue weighted by Crippen LogP contribution is -2.16. The predicted octanol–water partition coefficient (Wildman–Crippen LogP) is 5.64. The van der Waals surface area contributed by atoms with E-state index in [1.807, 2.05) is 41.8 Å². The van der Waals surface area contributed by atoms with E-state index in [9.17, 15) is 4.79 Å². The number of nitrogens with zero attached hydrogens (tertiary/aromatic N) is 2. The minimum absolute atomic E-state index is 0.183. The van der Waals surface area contributed by atoms with Gasteiger partial charge in [-0.05, 0) is 23.6 Å². The van der Waals surface area contributed by atoms with Crippen LogP contribution in [0.2, 0.25) is 0 Å². The van der Waals surface area contributed by atoms with Crippen LogP contribution < -0.4 is 5.43 Å². The van der Waals surface area contributed by atoms with Gasteiger partial charge in [0.25, 0.3) is 5.91 Å². The summed E-state index contributed by atoms with van der Waals surface area (Å²) in [6.45, 7) is 5.03. The van der Waals surface area contributed by atoms with Crippen LogP contribution in [-0.2, 0) is 6.54 Å². The Hall–Kier alpha value is -3.18. The second-order valence-electron chi connectivity index (χ2n) is 7.31. The van der Waals surface area contributed by atoms with E-state index < -0.39 is 0 Å². The molecule has 0 aliphatic heterocycles. The second kappa shape index (κ2) is 8.45. The minimum atomic E-state index is -0.183. The lowest BCUT2D eigenvalue weighted by Gasteiger charge is -2.05. The number of nitrogens with one attached hydrogen (secondary N) is 1. The zero-order valence-corrected chi connectivity index (χ0v) is 17.3. The van der Waals surface area contributed by atoms with Gasteiger partial charge in [0.2, 0.25) is 0 Å². The van der Waals surface area contributed by atoms with Crippen LogP contribution in [0, 0.1) is 0 Å². The second-order valence-corrected chi connectivity index (χ2v) is 8.25. The standard InChI is InChI=1S/C24H23N3OS/c1-17(2)23-12-19(16-29-23)24(28)26-25-13-20-15-27(14-18-8-4-3-5-9-18)22-11-7-6-10-21(20)22/h3-13,15-17H,14H2,1-2H3,(H,26,28). The zero-order valence-electron chi connectivity index (χ0n) is 16.5. The first-order valence-corrected chi connectivity index (χ1v) is 10.5. The van der Waals surface area contributed by atoms with Gasteiger partial charge in [-0.1, -0.05) is 62.4 Å². The van der Waals surface area contributed by atoms with Crippen molar-refractivity contribution in [1.29, 1.82) is 0 Å². The highest BCUT2D eigenvalue weighted by Gasteiger charge is 2.10. The highest BCUT2D eigenvalue weighted by atomic mass is 32.1. The molecule has 1 N–H and O–H groups in total. The molecule has 4 aromatic rings. The first kappa shape index (κ1) is 19.2. The van der Waals surface area contributed by atoms with Gasteiger partial charge in [-0.3, -0.25) is 4.79 Å². The van der Waals surface area contributed by atoms with Crippen LogP contribution in [0.4, 0.5) is 0 Å². The third-order valence-corrected chi connectivity index (χ3v) is 6.07. The summed E-state index contributed by atoms with van der Waals surface area (Å²) in [6, 6.07) is 20.5. The van der Waals surface area contributed by atoms with Gasteiger partial charge in [-0.25, -0.2) is 5.43 Å². The molecule has 0 unspecified atom stereocenters. The van der Waals surface area contributed by atoms with Gasteiger partial charge >= 0.3 is 0 Å². The SMILES string of the molecule is CC(C)c1cc(C(=O)NN=Cc2cn(Cc3ccccc3)c3ccccc23)cs1. The Morgan fingerprint density at radius 1 is 1.14 bits per heavy atom. The first-order valence-electron chi connectivity index (χ1n) is 9.65. The summed E-state index contributed by atoms with van der Waals surface area (Å²) in [5.41, 5.74) is 6.66. The molecule has 2 aromatic heterocycles. The largest absolute Gasteiger partial charge is 0.342 e. The summed E-state index contributed by atoms with van der Waals surface area (Å²) >= 11 is 1.61. The number of hydrazone groups is 1. The molecule has 0 spiro atoms. The van der Waals surface area contributed by atoms with Crippen LogP contribution in [0.1, 0.15) is 46.1 Å². The van der Waals surface area contributed by atoms with E-state index in [0.29, 0.717) is 11.5 Å². The van der Waals surface area contributed by atoms with Gasteiger partial charge in [-0.15, -0.1) is 11.3 Å². The smallest absolute Gasteiger partial charge is 0.272 e. The Balaban J connectivity index is 1.53. The van der Waals surface area contributed by atoms with Crippen molar-refractivity contribution in [2.75, 3.05) is 0 Å². The fourth-order valence-electron chi connectivity index (χ4n) is 3.29. The zero-order chi connectivity index (χ0) is 20.2. The topological polar surface area (TPSA) is 46.4 Å². The molecule has 2 heterocycles. The maximum Gasteiger partial charge on any atom is 0.272 e. The van der Waals surface area contributed by atoms with Crippen LogP contribution >= 0.6 is 11.3 Å². The summed E-state index contributed by atoms with van der Waals surface area (Å²) in [7, 11) is 0. The van der Waals surface area contributed by atoms with E-state index >= 15 is 0 Å².